The molecule has 0 atom stereocenters. The fraction of sp³-hybridized carbons (Fsp3) is 0. The highest BCUT2D eigenvalue weighted by Crippen LogP contribution is 2.43. The molecule has 8 aromatic carbocycles. The Bertz CT molecular complexity index is 3180. The van der Waals surface area contributed by atoms with E-state index in [0.717, 1.165) is 88.4 Å². The number of fused-ring (bicyclic) bond motifs is 7. The van der Waals surface area contributed by atoms with Crippen molar-refractivity contribution in [3.8, 4) is 62.1 Å². The van der Waals surface area contributed by atoms with Gasteiger partial charge in [-0.05, 0) is 53.1 Å². The van der Waals surface area contributed by atoms with Crippen molar-refractivity contribution in [3.05, 3.63) is 194 Å². The van der Waals surface area contributed by atoms with Crippen molar-refractivity contribution in [2.45, 2.75) is 0 Å². The highest BCUT2D eigenvalue weighted by molar-refractivity contribution is 6.24. The van der Waals surface area contributed by atoms with Gasteiger partial charge in [-0.25, -0.2) is 15.0 Å². The van der Waals surface area contributed by atoms with Crippen molar-refractivity contribution in [2.24, 2.45) is 0 Å². The Labute approximate surface area is 322 Å². The highest BCUT2D eigenvalue weighted by atomic mass is 16.3. The smallest absolute Gasteiger partial charge is 0.164 e. The molecule has 3 aromatic heterocycles. The third kappa shape index (κ3) is 5.29. The molecule has 5 heteroatoms. The van der Waals surface area contributed by atoms with Gasteiger partial charge in [0.2, 0.25) is 0 Å². The van der Waals surface area contributed by atoms with Crippen molar-refractivity contribution >= 4 is 43.7 Å². The fourth-order valence-corrected chi connectivity index (χ4v) is 8.03. The Balaban J connectivity index is 1.12. The average molecular weight is 717 g/mol. The molecule has 11 aromatic rings. The quantitative estimate of drug-likeness (QED) is 0.172. The summed E-state index contributed by atoms with van der Waals surface area (Å²) < 4.78 is 9.03. The lowest BCUT2D eigenvalue weighted by atomic mass is 9.96. The van der Waals surface area contributed by atoms with Crippen LogP contribution in [-0.4, -0.2) is 19.5 Å². The van der Waals surface area contributed by atoms with E-state index in [-0.39, 0.29) is 0 Å². The predicted octanol–water partition coefficient (Wildman–Crippen LogP) is 13.2. The van der Waals surface area contributed by atoms with Crippen LogP contribution < -0.4 is 0 Å². The van der Waals surface area contributed by atoms with Gasteiger partial charge in [0.15, 0.2) is 17.5 Å². The molecule has 0 unspecified atom stereocenters. The zero-order valence-electron chi connectivity index (χ0n) is 30.2. The van der Waals surface area contributed by atoms with Crippen LogP contribution >= 0.6 is 0 Å². The lowest BCUT2D eigenvalue weighted by molar-refractivity contribution is 0.673. The van der Waals surface area contributed by atoms with Crippen molar-refractivity contribution in [2.75, 3.05) is 0 Å². The summed E-state index contributed by atoms with van der Waals surface area (Å²) in [5.74, 6) is 1.90. The number of hydrogen-bond donors (Lipinski definition) is 0. The first kappa shape index (κ1) is 31.9. The maximum atomic E-state index is 6.63. The van der Waals surface area contributed by atoms with Gasteiger partial charge in [0.1, 0.15) is 11.2 Å². The molecule has 0 spiro atoms. The molecular formula is C51H32N4O. The standard InChI is InChI=1S/C51H32N4O/c1-4-15-33(16-5-1)39-28-27-37(32-45(39)55-43-25-12-10-24-42(43)47-44(55)30-29-41-40-23-11-13-26-46(40)56-48(41)47)36-21-14-22-38(31-36)51-53-49(34-17-6-2-7-18-34)52-50(54-51)35-19-8-3-9-20-35/h1-32H. The summed E-state index contributed by atoms with van der Waals surface area (Å²) in [5.41, 5.74) is 12.3. The topological polar surface area (TPSA) is 56.7 Å². The van der Waals surface area contributed by atoms with Crippen molar-refractivity contribution in [1.29, 1.82) is 0 Å². The van der Waals surface area contributed by atoms with Crippen LogP contribution in [-0.2, 0) is 0 Å². The van der Waals surface area contributed by atoms with Gasteiger partial charge in [-0.2, -0.15) is 0 Å². The largest absolute Gasteiger partial charge is 0.455 e. The molecule has 262 valence electrons. The number of rotatable bonds is 6. The number of para-hydroxylation sites is 2. The second-order valence-corrected chi connectivity index (χ2v) is 14.0. The molecule has 3 heterocycles. The van der Waals surface area contributed by atoms with Crippen molar-refractivity contribution < 1.29 is 4.42 Å². The molecule has 0 N–H and O–H groups in total. The van der Waals surface area contributed by atoms with Crippen LogP contribution in [0.4, 0.5) is 0 Å². The first-order valence-corrected chi connectivity index (χ1v) is 18.8. The molecule has 0 bridgehead atoms. The van der Waals surface area contributed by atoms with E-state index >= 15 is 0 Å². The van der Waals surface area contributed by atoms with E-state index < -0.39 is 0 Å². The van der Waals surface area contributed by atoms with E-state index in [9.17, 15) is 0 Å². The second kappa shape index (κ2) is 13.0. The lowest BCUT2D eigenvalue weighted by Crippen LogP contribution is -2.00. The predicted molar refractivity (Wildman–Crippen MR) is 229 cm³/mol. The molecule has 0 fully saturated rings. The van der Waals surface area contributed by atoms with Gasteiger partial charge < -0.3 is 8.98 Å². The molecule has 0 saturated heterocycles. The molecule has 11 rings (SSSR count). The first-order valence-electron chi connectivity index (χ1n) is 18.8. The van der Waals surface area contributed by atoms with E-state index in [1.54, 1.807) is 0 Å². The number of furan rings is 1. The Morgan fingerprint density at radius 1 is 0.357 bits per heavy atom. The number of nitrogens with zero attached hydrogens (tertiary/aromatic N) is 4. The van der Waals surface area contributed by atoms with E-state index in [1.165, 1.54) is 0 Å². The molecule has 0 aliphatic carbocycles. The van der Waals surface area contributed by atoms with Crippen LogP contribution in [0.5, 0.6) is 0 Å². The van der Waals surface area contributed by atoms with E-state index in [0.29, 0.717) is 17.5 Å². The summed E-state index contributed by atoms with van der Waals surface area (Å²) in [7, 11) is 0. The van der Waals surface area contributed by atoms with Crippen LogP contribution in [0.1, 0.15) is 0 Å². The zero-order valence-corrected chi connectivity index (χ0v) is 30.2. The molecule has 56 heavy (non-hydrogen) atoms. The number of aromatic nitrogens is 4. The van der Waals surface area contributed by atoms with Gasteiger partial charge in [-0.1, -0.05) is 158 Å². The third-order valence-corrected chi connectivity index (χ3v) is 10.7. The SMILES string of the molecule is c1ccc(-c2nc(-c3ccccc3)nc(-c3cccc(-c4ccc(-c5ccccc5)c(-n5c6ccccc6c6c7oc8ccccc8c7ccc65)c4)c3)n2)cc1. The Kier molecular flexibility index (Phi) is 7.42. The molecule has 0 aliphatic heterocycles. The zero-order chi connectivity index (χ0) is 37.0. The Hall–Kier alpha value is -7.63. The summed E-state index contributed by atoms with van der Waals surface area (Å²) in [4.78, 5) is 14.9. The third-order valence-electron chi connectivity index (χ3n) is 10.7. The summed E-state index contributed by atoms with van der Waals surface area (Å²) in [6.45, 7) is 0. The van der Waals surface area contributed by atoms with Crippen molar-refractivity contribution in [1.82, 2.24) is 19.5 Å². The molecule has 0 radical (unpaired) electrons. The summed E-state index contributed by atoms with van der Waals surface area (Å²) >= 11 is 0. The van der Waals surface area contributed by atoms with Crippen molar-refractivity contribution in [3.63, 3.8) is 0 Å². The monoisotopic (exact) mass is 716 g/mol. The fourth-order valence-electron chi connectivity index (χ4n) is 8.03. The maximum absolute atomic E-state index is 6.63. The van der Waals surface area contributed by atoms with Gasteiger partial charge in [-0.15, -0.1) is 0 Å². The van der Waals surface area contributed by atoms with Gasteiger partial charge in [-0.3, -0.25) is 0 Å². The second-order valence-electron chi connectivity index (χ2n) is 14.0. The van der Waals surface area contributed by atoms with Crippen LogP contribution in [0.15, 0.2) is 199 Å². The van der Waals surface area contributed by atoms with Crippen LogP contribution in [0.25, 0.3) is 106 Å². The minimum absolute atomic E-state index is 0.623. The Morgan fingerprint density at radius 2 is 0.911 bits per heavy atom. The minimum atomic E-state index is 0.623. The van der Waals surface area contributed by atoms with Crippen LogP contribution in [0.3, 0.4) is 0 Å². The molecule has 0 amide bonds. The summed E-state index contributed by atoms with van der Waals surface area (Å²) in [6, 6.07) is 67.5. The maximum Gasteiger partial charge on any atom is 0.164 e. The molecule has 0 aliphatic rings. The number of benzene rings is 8. The molecule has 5 nitrogen and oxygen atoms in total. The lowest BCUT2D eigenvalue weighted by Gasteiger charge is -2.16. The first-order chi connectivity index (χ1) is 27.8. The van der Waals surface area contributed by atoms with E-state index in [4.69, 9.17) is 19.4 Å². The summed E-state index contributed by atoms with van der Waals surface area (Å²) in [6.07, 6.45) is 0. The Morgan fingerprint density at radius 3 is 1.62 bits per heavy atom. The van der Waals surface area contributed by atoms with E-state index in [1.807, 2.05) is 72.8 Å². The minimum Gasteiger partial charge on any atom is -0.455 e. The van der Waals surface area contributed by atoms with E-state index in [2.05, 4.69) is 126 Å². The van der Waals surface area contributed by atoms with Crippen LogP contribution in [0.2, 0.25) is 0 Å². The highest BCUT2D eigenvalue weighted by Gasteiger charge is 2.21. The normalized spacial score (nSPS) is 11.6. The average Bonchev–Trinajstić information content (AvgIpc) is 3.83. The van der Waals surface area contributed by atoms with Crippen LogP contribution in [0, 0.1) is 0 Å². The van der Waals surface area contributed by atoms with Gasteiger partial charge in [0.05, 0.1) is 22.1 Å². The summed E-state index contributed by atoms with van der Waals surface area (Å²) in [5, 5.41) is 4.50. The van der Waals surface area contributed by atoms with Gasteiger partial charge in [0, 0.05) is 38.4 Å². The molecule has 0 saturated carbocycles. The van der Waals surface area contributed by atoms with Gasteiger partial charge in [0.25, 0.3) is 0 Å². The number of hydrogen-bond acceptors (Lipinski definition) is 4. The van der Waals surface area contributed by atoms with Gasteiger partial charge >= 0.3 is 0 Å². The molecular weight excluding hydrogens is 685 g/mol.